The van der Waals surface area contributed by atoms with E-state index in [1.807, 2.05) is 48.2 Å². The molecule has 33 heavy (non-hydrogen) atoms. The maximum atomic E-state index is 11.5. The van der Waals surface area contributed by atoms with E-state index < -0.39 is 5.97 Å². The maximum Gasteiger partial charge on any atom is 0.339 e. The topological polar surface area (TPSA) is 75.1 Å². The summed E-state index contributed by atoms with van der Waals surface area (Å²) in [4.78, 5) is 20.2. The van der Waals surface area contributed by atoms with Crippen LogP contribution in [0.4, 0.5) is 5.82 Å². The zero-order valence-corrected chi connectivity index (χ0v) is 18.8. The lowest BCUT2D eigenvalue weighted by Gasteiger charge is -2.36. The molecule has 3 aromatic rings. The van der Waals surface area contributed by atoms with Gasteiger partial charge in [-0.3, -0.25) is 4.90 Å². The van der Waals surface area contributed by atoms with E-state index in [4.69, 9.17) is 9.47 Å². The molecule has 0 amide bonds. The monoisotopic (exact) mass is 447 g/mol. The Morgan fingerprint density at radius 3 is 2.45 bits per heavy atom. The summed E-state index contributed by atoms with van der Waals surface area (Å²) in [6, 6.07) is 19.5. The number of hydrogen-bond acceptors (Lipinski definition) is 6. The van der Waals surface area contributed by atoms with Crippen molar-refractivity contribution in [3.63, 3.8) is 0 Å². The average Bonchev–Trinajstić information content (AvgIpc) is 2.85. The second kappa shape index (κ2) is 10.8. The number of carboxylic acid groups (broad SMARTS) is 1. The Hall–Kier alpha value is -3.58. The number of aromatic carboxylic acids is 1. The number of carbonyl (C=O) groups is 1. The molecule has 0 spiro atoms. The summed E-state index contributed by atoms with van der Waals surface area (Å²) >= 11 is 0. The molecule has 0 radical (unpaired) electrons. The first-order valence-electron chi connectivity index (χ1n) is 11.2. The van der Waals surface area contributed by atoms with Crippen molar-refractivity contribution in [3.8, 4) is 11.5 Å². The molecule has 0 saturated carbocycles. The van der Waals surface area contributed by atoms with Crippen LogP contribution in [0.5, 0.6) is 11.5 Å². The minimum atomic E-state index is -0.946. The van der Waals surface area contributed by atoms with E-state index in [2.05, 4.69) is 22.0 Å². The Labute approximate surface area is 194 Å². The van der Waals surface area contributed by atoms with E-state index in [9.17, 15) is 9.90 Å². The SMILES string of the molecule is CCOc1cc(CN2CCN(c3ncccc3C(=O)O)CC2)ccc1OCc1ccccc1. The zero-order valence-electron chi connectivity index (χ0n) is 18.8. The second-order valence-electron chi connectivity index (χ2n) is 7.93. The summed E-state index contributed by atoms with van der Waals surface area (Å²) in [6.07, 6.45) is 1.64. The van der Waals surface area contributed by atoms with Crippen molar-refractivity contribution in [1.82, 2.24) is 9.88 Å². The number of rotatable bonds is 9. The molecule has 0 bridgehead atoms. The first kappa shape index (κ1) is 22.6. The fourth-order valence-electron chi connectivity index (χ4n) is 3.97. The fourth-order valence-corrected chi connectivity index (χ4v) is 3.97. The Balaban J connectivity index is 1.37. The number of ether oxygens (including phenoxy) is 2. The first-order chi connectivity index (χ1) is 16.1. The van der Waals surface area contributed by atoms with Gasteiger partial charge in [0.2, 0.25) is 0 Å². The number of nitrogens with zero attached hydrogens (tertiary/aromatic N) is 3. The minimum Gasteiger partial charge on any atom is -0.490 e. The Morgan fingerprint density at radius 1 is 0.939 bits per heavy atom. The number of aromatic nitrogens is 1. The largest absolute Gasteiger partial charge is 0.490 e. The van der Waals surface area contributed by atoms with Crippen molar-refractivity contribution in [2.45, 2.75) is 20.1 Å². The minimum absolute atomic E-state index is 0.249. The van der Waals surface area contributed by atoms with Crippen molar-refractivity contribution < 1.29 is 19.4 Å². The van der Waals surface area contributed by atoms with Gasteiger partial charge in [0.25, 0.3) is 0 Å². The molecule has 0 unspecified atom stereocenters. The molecule has 4 rings (SSSR count). The predicted molar refractivity (Wildman–Crippen MR) is 127 cm³/mol. The average molecular weight is 448 g/mol. The van der Waals surface area contributed by atoms with Gasteiger partial charge in [0, 0.05) is 38.9 Å². The summed E-state index contributed by atoms with van der Waals surface area (Å²) in [5.74, 6) is 1.09. The van der Waals surface area contributed by atoms with Crippen molar-refractivity contribution in [3.05, 3.63) is 83.6 Å². The lowest BCUT2D eigenvalue weighted by Crippen LogP contribution is -2.46. The summed E-state index contributed by atoms with van der Waals surface area (Å²) in [5, 5.41) is 9.44. The number of anilines is 1. The Bertz CT molecular complexity index is 1070. The quantitative estimate of drug-likeness (QED) is 0.530. The molecule has 1 saturated heterocycles. The van der Waals surface area contributed by atoms with Crippen LogP contribution in [-0.2, 0) is 13.2 Å². The molecule has 2 aromatic carbocycles. The standard InChI is InChI=1S/C26H29N3O4/c1-2-32-24-17-21(10-11-23(24)33-19-20-7-4-3-5-8-20)18-28-13-15-29(16-14-28)25-22(26(30)31)9-6-12-27-25/h3-12,17H,2,13-16,18-19H2,1H3,(H,30,31). The summed E-state index contributed by atoms with van der Waals surface area (Å²) in [7, 11) is 0. The van der Waals surface area contributed by atoms with Gasteiger partial charge < -0.3 is 19.5 Å². The molecule has 1 aliphatic rings. The van der Waals surface area contributed by atoms with Crippen LogP contribution in [0.3, 0.4) is 0 Å². The third-order valence-electron chi connectivity index (χ3n) is 5.64. The van der Waals surface area contributed by atoms with Crippen LogP contribution in [0.25, 0.3) is 0 Å². The number of piperazine rings is 1. The molecule has 172 valence electrons. The molecule has 7 nitrogen and oxygen atoms in total. The van der Waals surface area contributed by atoms with Crippen LogP contribution in [0.15, 0.2) is 66.9 Å². The van der Waals surface area contributed by atoms with Gasteiger partial charge in [0.15, 0.2) is 11.5 Å². The summed E-state index contributed by atoms with van der Waals surface area (Å²) in [6.45, 7) is 6.93. The molecule has 1 fully saturated rings. The van der Waals surface area contributed by atoms with Gasteiger partial charge in [-0.15, -0.1) is 0 Å². The lowest BCUT2D eigenvalue weighted by molar-refractivity contribution is 0.0697. The molecule has 1 N–H and O–H groups in total. The number of hydrogen-bond donors (Lipinski definition) is 1. The normalized spacial score (nSPS) is 14.2. The van der Waals surface area contributed by atoms with Gasteiger partial charge in [-0.25, -0.2) is 9.78 Å². The van der Waals surface area contributed by atoms with Crippen molar-refractivity contribution >= 4 is 11.8 Å². The van der Waals surface area contributed by atoms with Gasteiger partial charge in [-0.1, -0.05) is 36.4 Å². The highest BCUT2D eigenvalue weighted by atomic mass is 16.5. The van der Waals surface area contributed by atoms with E-state index in [1.165, 1.54) is 0 Å². The van der Waals surface area contributed by atoms with Gasteiger partial charge >= 0.3 is 5.97 Å². The van der Waals surface area contributed by atoms with Gasteiger partial charge in [-0.2, -0.15) is 0 Å². The van der Waals surface area contributed by atoms with Crippen LogP contribution in [0, 0.1) is 0 Å². The third-order valence-corrected chi connectivity index (χ3v) is 5.64. The zero-order chi connectivity index (χ0) is 23.0. The lowest BCUT2D eigenvalue weighted by atomic mass is 10.1. The molecule has 0 aliphatic carbocycles. The van der Waals surface area contributed by atoms with E-state index in [0.29, 0.717) is 19.0 Å². The summed E-state index contributed by atoms with van der Waals surface area (Å²) in [5.41, 5.74) is 2.52. The highest BCUT2D eigenvalue weighted by Gasteiger charge is 2.22. The van der Waals surface area contributed by atoms with Crippen LogP contribution in [0.1, 0.15) is 28.4 Å². The molecular weight excluding hydrogens is 418 g/mol. The number of carboxylic acids is 1. The molecule has 1 aromatic heterocycles. The van der Waals surface area contributed by atoms with Crippen LogP contribution in [0.2, 0.25) is 0 Å². The van der Waals surface area contributed by atoms with Crippen molar-refractivity contribution in [1.29, 1.82) is 0 Å². The van der Waals surface area contributed by atoms with Gasteiger partial charge in [0.1, 0.15) is 18.0 Å². The molecular formula is C26H29N3O4. The van der Waals surface area contributed by atoms with E-state index in [1.54, 1.807) is 18.3 Å². The second-order valence-corrected chi connectivity index (χ2v) is 7.93. The third kappa shape index (κ3) is 5.81. The van der Waals surface area contributed by atoms with Crippen molar-refractivity contribution in [2.24, 2.45) is 0 Å². The predicted octanol–water partition coefficient (Wildman–Crippen LogP) is 4.08. The van der Waals surface area contributed by atoms with Crippen LogP contribution >= 0.6 is 0 Å². The number of benzene rings is 2. The number of pyridine rings is 1. The summed E-state index contributed by atoms with van der Waals surface area (Å²) < 4.78 is 11.9. The van der Waals surface area contributed by atoms with E-state index in [0.717, 1.165) is 55.3 Å². The molecule has 0 atom stereocenters. The maximum absolute atomic E-state index is 11.5. The molecule has 7 heteroatoms. The van der Waals surface area contributed by atoms with Gasteiger partial charge in [0.05, 0.1) is 6.61 Å². The van der Waals surface area contributed by atoms with Crippen LogP contribution in [-0.4, -0.2) is 53.7 Å². The molecule has 1 aliphatic heterocycles. The Kier molecular flexibility index (Phi) is 7.42. The highest BCUT2D eigenvalue weighted by Crippen LogP contribution is 2.30. The highest BCUT2D eigenvalue weighted by molar-refractivity contribution is 5.93. The molecule has 2 heterocycles. The smallest absolute Gasteiger partial charge is 0.339 e. The Morgan fingerprint density at radius 2 is 1.73 bits per heavy atom. The van der Waals surface area contributed by atoms with E-state index in [-0.39, 0.29) is 5.56 Å². The van der Waals surface area contributed by atoms with E-state index >= 15 is 0 Å². The van der Waals surface area contributed by atoms with Crippen molar-refractivity contribution in [2.75, 3.05) is 37.7 Å². The van der Waals surface area contributed by atoms with Crippen LogP contribution < -0.4 is 14.4 Å². The fraction of sp³-hybridized carbons (Fsp3) is 0.308. The van der Waals surface area contributed by atoms with Gasteiger partial charge in [-0.05, 0) is 42.3 Å². The first-order valence-corrected chi connectivity index (χ1v) is 11.2.